The van der Waals surface area contributed by atoms with E-state index in [1.165, 1.54) is 0 Å². The predicted octanol–water partition coefficient (Wildman–Crippen LogP) is 1.71. The Morgan fingerprint density at radius 2 is 1.70 bits per heavy atom. The van der Waals surface area contributed by atoms with Crippen molar-refractivity contribution in [1.29, 1.82) is 0 Å². The van der Waals surface area contributed by atoms with Gasteiger partial charge in [-0.2, -0.15) is 0 Å². The Morgan fingerprint density at radius 1 is 1.00 bits per heavy atom. The fraction of sp³-hybridized carbons (Fsp3) is 0.400. The molecule has 0 saturated carbocycles. The van der Waals surface area contributed by atoms with Gasteiger partial charge in [-0.3, -0.25) is 9.59 Å². The van der Waals surface area contributed by atoms with Gasteiger partial charge < -0.3 is 24.3 Å². The molecule has 1 aliphatic rings. The minimum absolute atomic E-state index is 0.0440. The van der Waals surface area contributed by atoms with Crippen LogP contribution in [0, 0.1) is 0 Å². The van der Waals surface area contributed by atoms with Gasteiger partial charge in [0, 0.05) is 38.6 Å². The molecule has 0 spiro atoms. The molecule has 0 radical (unpaired) electrons. The summed E-state index contributed by atoms with van der Waals surface area (Å²) in [5.41, 5.74) is 0.974. The van der Waals surface area contributed by atoms with E-state index in [0.29, 0.717) is 44.1 Å². The number of hydrogen-bond acceptors (Lipinski definition) is 4. The summed E-state index contributed by atoms with van der Waals surface area (Å²) in [7, 11) is 1.57. The SMILES string of the molecule is COc1ccccc1OCC(=O)N1CCCN(C(=O)Cc2cc[nH]c2)CC1. The van der Waals surface area contributed by atoms with Crippen LogP contribution in [-0.4, -0.2) is 66.5 Å². The highest BCUT2D eigenvalue weighted by Crippen LogP contribution is 2.25. The van der Waals surface area contributed by atoms with Gasteiger partial charge in [0.15, 0.2) is 18.1 Å². The number of rotatable bonds is 6. The standard InChI is InChI=1S/C20H25N3O4/c1-26-17-5-2-3-6-18(17)27-15-20(25)23-10-4-9-22(11-12-23)19(24)13-16-7-8-21-14-16/h2-3,5-8,14,21H,4,9-13,15H2,1H3. The Kier molecular flexibility index (Phi) is 6.35. The zero-order valence-electron chi connectivity index (χ0n) is 15.5. The van der Waals surface area contributed by atoms with Crippen LogP contribution in [0.25, 0.3) is 0 Å². The Hall–Kier alpha value is -2.96. The molecular weight excluding hydrogens is 346 g/mol. The fourth-order valence-corrected chi connectivity index (χ4v) is 3.14. The highest BCUT2D eigenvalue weighted by atomic mass is 16.5. The first-order valence-corrected chi connectivity index (χ1v) is 9.10. The van der Waals surface area contributed by atoms with Crippen molar-refractivity contribution in [3.05, 3.63) is 48.3 Å². The van der Waals surface area contributed by atoms with Gasteiger partial charge in [0.1, 0.15) is 0 Å². The molecule has 7 heteroatoms. The van der Waals surface area contributed by atoms with Crippen LogP contribution in [0.2, 0.25) is 0 Å². The molecule has 144 valence electrons. The van der Waals surface area contributed by atoms with Crippen LogP contribution in [0.3, 0.4) is 0 Å². The molecule has 2 amide bonds. The van der Waals surface area contributed by atoms with Gasteiger partial charge in [0.25, 0.3) is 5.91 Å². The van der Waals surface area contributed by atoms with Gasteiger partial charge in [-0.15, -0.1) is 0 Å². The van der Waals surface area contributed by atoms with Gasteiger partial charge in [-0.1, -0.05) is 12.1 Å². The second kappa shape index (κ2) is 9.12. The number of carbonyl (C=O) groups excluding carboxylic acids is 2. The lowest BCUT2D eigenvalue weighted by Gasteiger charge is -2.22. The number of amides is 2. The van der Waals surface area contributed by atoms with Crippen molar-refractivity contribution in [3.63, 3.8) is 0 Å². The second-order valence-corrected chi connectivity index (χ2v) is 6.45. The van der Waals surface area contributed by atoms with E-state index in [2.05, 4.69) is 4.98 Å². The van der Waals surface area contributed by atoms with E-state index in [1.807, 2.05) is 35.5 Å². The van der Waals surface area contributed by atoms with Crippen LogP contribution in [0.5, 0.6) is 11.5 Å². The van der Waals surface area contributed by atoms with E-state index in [9.17, 15) is 9.59 Å². The van der Waals surface area contributed by atoms with E-state index < -0.39 is 0 Å². The van der Waals surface area contributed by atoms with E-state index in [1.54, 1.807) is 24.1 Å². The Bertz CT molecular complexity index is 760. The predicted molar refractivity (Wildman–Crippen MR) is 101 cm³/mol. The summed E-state index contributed by atoms with van der Waals surface area (Å²) in [5.74, 6) is 1.16. The molecule has 0 unspecified atom stereocenters. The van der Waals surface area contributed by atoms with E-state index in [0.717, 1.165) is 12.0 Å². The summed E-state index contributed by atoms with van der Waals surface area (Å²) < 4.78 is 10.9. The summed E-state index contributed by atoms with van der Waals surface area (Å²) in [6.07, 6.45) is 4.79. The van der Waals surface area contributed by atoms with Crippen molar-refractivity contribution in [2.24, 2.45) is 0 Å². The molecule has 1 fully saturated rings. The average Bonchev–Trinajstić information content (AvgIpc) is 3.07. The summed E-state index contributed by atoms with van der Waals surface area (Å²) >= 11 is 0. The molecule has 3 rings (SSSR count). The number of para-hydroxylation sites is 2. The minimum Gasteiger partial charge on any atom is -0.493 e. The van der Waals surface area contributed by atoms with Crippen LogP contribution in [0.4, 0.5) is 0 Å². The van der Waals surface area contributed by atoms with Crippen molar-refractivity contribution in [1.82, 2.24) is 14.8 Å². The number of ether oxygens (including phenoxy) is 2. The first-order valence-electron chi connectivity index (χ1n) is 9.10. The lowest BCUT2D eigenvalue weighted by molar-refractivity contribution is -0.134. The smallest absolute Gasteiger partial charge is 0.260 e. The molecule has 1 saturated heterocycles. The zero-order valence-corrected chi connectivity index (χ0v) is 15.5. The normalized spacial score (nSPS) is 14.6. The lowest BCUT2D eigenvalue weighted by Crippen LogP contribution is -2.39. The third-order valence-corrected chi connectivity index (χ3v) is 4.64. The highest BCUT2D eigenvalue weighted by Gasteiger charge is 2.22. The molecule has 1 aromatic heterocycles. The van der Waals surface area contributed by atoms with Crippen molar-refractivity contribution < 1.29 is 19.1 Å². The summed E-state index contributed by atoms with van der Waals surface area (Å²) in [5, 5.41) is 0. The van der Waals surface area contributed by atoms with Gasteiger partial charge >= 0.3 is 0 Å². The number of H-pyrrole nitrogens is 1. The van der Waals surface area contributed by atoms with Crippen LogP contribution in [-0.2, 0) is 16.0 Å². The summed E-state index contributed by atoms with van der Waals surface area (Å²) in [4.78, 5) is 31.5. The van der Waals surface area contributed by atoms with Crippen LogP contribution in [0.15, 0.2) is 42.7 Å². The third-order valence-electron chi connectivity index (χ3n) is 4.64. The van der Waals surface area contributed by atoms with Crippen LogP contribution < -0.4 is 9.47 Å². The summed E-state index contributed by atoms with van der Waals surface area (Å²) in [6.45, 7) is 2.32. The van der Waals surface area contributed by atoms with Crippen molar-refractivity contribution in [2.75, 3.05) is 39.9 Å². The van der Waals surface area contributed by atoms with Crippen LogP contribution >= 0.6 is 0 Å². The number of carbonyl (C=O) groups is 2. The molecule has 1 aliphatic heterocycles. The number of benzene rings is 1. The molecule has 1 aromatic carbocycles. The lowest BCUT2D eigenvalue weighted by atomic mass is 10.2. The molecule has 0 atom stereocenters. The first kappa shape index (κ1) is 18.8. The molecule has 0 aliphatic carbocycles. The molecular formula is C20H25N3O4. The average molecular weight is 371 g/mol. The minimum atomic E-state index is -0.0826. The first-order chi connectivity index (χ1) is 13.2. The van der Waals surface area contributed by atoms with E-state index in [-0.39, 0.29) is 18.4 Å². The highest BCUT2D eigenvalue weighted by molar-refractivity contribution is 5.80. The molecule has 27 heavy (non-hydrogen) atoms. The monoisotopic (exact) mass is 371 g/mol. The zero-order chi connectivity index (χ0) is 19.1. The third kappa shape index (κ3) is 5.03. The Labute approximate surface area is 158 Å². The molecule has 2 aromatic rings. The number of aromatic amines is 1. The van der Waals surface area contributed by atoms with Gasteiger partial charge in [-0.25, -0.2) is 0 Å². The largest absolute Gasteiger partial charge is 0.493 e. The number of aromatic nitrogens is 1. The van der Waals surface area contributed by atoms with Crippen LogP contribution in [0.1, 0.15) is 12.0 Å². The van der Waals surface area contributed by atoms with Gasteiger partial charge in [0.05, 0.1) is 13.5 Å². The number of hydrogen-bond donors (Lipinski definition) is 1. The van der Waals surface area contributed by atoms with Crippen molar-refractivity contribution in [2.45, 2.75) is 12.8 Å². The van der Waals surface area contributed by atoms with Gasteiger partial charge in [0.2, 0.25) is 5.91 Å². The Morgan fingerprint density at radius 3 is 2.37 bits per heavy atom. The number of nitrogens with zero attached hydrogens (tertiary/aromatic N) is 2. The summed E-state index contributed by atoms with van der Waals surface area (Å²) in [6, 6.07) is 9.15. The second-order valence-electron chi connectivity index (χ2n) is 6.45. The number of methoxy groups -OCH3 is 1. The molecule has 7 nitrogen and oxygen atoms in total. The van der Waals surface area contributed by atoms with E-state index >= 15 is 0 Å². The molecule has 2 heterocycles. The fourth-order valence-electron chi connectivity index (χ4n) is 3.14. The maximum atomic E-state index is 12.5. The Balaban J connectivity index is 1.49. The quantitative estimate of drug-likeness (QED) is 0.839. The van der Waals surface area contributed by atoms with Gasteiger partial charge in [-0.05, 0) is 30.2 Å². The topological polar surface area (TPSA) is 74.9 Å². The molecule has 1 N–H and O–H groups in total. The van der Waals surface area contributed by atoms with Crippen molar-refractivity contribution >= 4 is 11.8 Å². The van der Waals surface area contributed by atoms with E-state index in [4.69, 9.17) is 9.47 Å². The maximum absolute atomic E-state index is 12.5. The van der Waals surface area contributed by atoms with Crippen molar-refractivity contribution in [3.8, 4) is 11.5 Å². The number of nitrogens with one attached hydrogen (secondary N) is 1. The maximum Gasteiger partial charge on any atom is 0.260 e. The molecule has 0 bridgehead atoms.